The van der Waals surface area contributed by atoms with Gasteiger partial charge in [-0.1, -0.05) is 20.8 Å². The first-order chi connectivity index (χ1) is 3.68. The molecule has 0 rings (SSSR count). The van der Waals surface area contributed by atoms with Gasteiger partial charge in [-0.25, -0.2) is 0 Å². The van der Waals surface area contributed by atoms with E-state index in [1.165, 1.54) is 0 Å². The lowest BCUT2D eigenvalue weighted by Gasteiger charge is -2.09. The molecule has 0 aromatic carbocycles. The van der Waals surface area contributed by atoms with E-state index >= 15 is 0 Å². The van der Waals surface area contributed by atoms with Crippen LogP contribution in [-0.4, -0.2) is 6.29 Å². The molecule has 8 heavy (non-hydrogen) atoms. The minimum Gasteiger partial charge on any atom is -0.303 e. The SMILES string of the molecule is CC(C)[C@@H](C)CC=O. The zero-order valence-electron chi connectivity index (χ0n) is 5.85. The summed E-state index contributed by atoms with van der Waals surface area (Å²) in [5.41, 5.74) is 0. The molecular weight excluding hydrogens is 100 g/mol. The quantitative estimate of drug-likeness (QED) is 0.512. The van der Waals surface area contributed by atoms with Gasteiger partial charge in [0.15, 0.2) is 0 Å². The smallest absolute Gasteiger partial charge is 0.120 e. The van der Waals surface area contributed by atoms with Crippen LogP contribution in [0.15, 0.2) is 0 Å². The topological polar surface area (TPSA) is 17.1 Å². The largest absolute Gasteiger partial charge is 0.303 e. The van der Waals surface area contributed by atoms with E-state index in [0.29, 0.717) is 18.3 Å². The Balaban J connectivity index is 3.30. The van der Waals surface area contributed by atoms with Gasteiger partial charge in [0.25, 0.3) is 0 Å². The van der Waals surface area contributed by atoms with Gasteiger partial charge in [0.1, 0.15) is 6.29 Å². The molecule has 0 N–H and O–H groups in total. The highest BCUT2D eigenvalue weighted by molar-refractivity contribution is 5.49. The van der Waals surface area contributed by atoms with Crippen molar-refractivity contribution in [2.45, 2.75) is 27.2 Å². The number of aldehydes is 1. The lowest BCUT2D eigenvalue weighted by atomic mass is 9.96. The van der Waals surface area contributed by atoms with Gasteiger partial charge in [0.05, 0.1) is 0 Å². The van der Waals surface area contributed by atoms with Crippen LogP contribution in [0, 0.1) is 11.8 Å². The first-order valence-electron chi connectivity index (χ1n) is 3.12. The molecule has 0 aliphatic rings. The van der Waals surface area contributed by atoms with E-state index in [1.807, 2.05) is 0 Å². The molecule has 0 spiro atoms. The van der Waals surface area contributed by atoms with Crippen LogP contribution in [0.25, 0.3) is 0 Å². The van der Waals surface area contributed by atoms with Crippen molar-refractivity contribution in [2.75, 3.05) is 0 Å². The van der Waals surface area contributed by atoms with Gasteiger partial charge in [-0.05, 0) is 11.8 Å². The van der Waals surface area contributed by atoms with Gasteiger partial charge >= 0.3 is 0 Å². The van der Waals surface area contributed by atoms with Crippen LogP contribution < -0.4 is 0 Å². The van der Waals surface area contributed by atoms with Crippen LogP contribution in [0.1, 0.15) is 27.2 Å². The Morgan fingerprint density at radius 1 is 1.38 bits per heavy atom. The second kappa shape index (κ2) is 3.65. The average molecular weight is 114 g/mol. The Morgan fingerprint density at radius 3 is 2.00 bits per heavy atom. The summed E-state index contributed by atoms with van der Waals surface area (Å²) < 4.78 is 0. The molecule has 0 saturated heterocycles. The Labute approximate surface area is 51.1 Å². The van der Waals surface area contributed by atoms with Gasteiger partial charge < -0.3 is 4.79 Å². The molecule has 0 heterocycles. The molecule has 1 heteroatoms. The Bertz CT molecular complexity index is 66.8. The van der Waals surface area contributed by atoms with Crippen molar-refractivity contribution in [1.82, 2.24) is 0 Å². The second-order valence-electron chi connectivity index (χ2n) is 2.62. The van der Waals surface area contributed by atoms with Crippen LogP contribution >= 0.6 is 0 Å². The van der Waals surface area contributed by atoms with Crippen molar-refractivity contribution in [3.63, 3.8) is 0 Å². The highest BCUT2D eigenvalue weighted by Gasteiger charge is 2.03. The molecule has 0 aromatic rings. The van der Waals surface area contributed by atoms with Crippen LogP contribution in [0.3, 0.4) is 0 Å². The van der Waals surface area contributed by atoms with E-state index in [0.717, 1.165) is 6.29 Å². The second-order valence-corrected chi connectivity index (χ2v) is 2.62. The van der Waals surface area contributed by atoms with Crippen molar-refractivity contribution in [2.24, 2.45) is 11.8 Å². The summed E-state index contributed by atoms with van der Waals surface area (Å²) in [4.78, 5) is 9.92. The molecule has 0 unspecified atom stereocenters. The number of hydrogen-bond donors (Lipinski definition) is 0. The molecule has 1 nitrogen and oxygen atoms in total. The number of carbonyl (C=O) groups excluding carboxylic acids is 1. The van der Waals surface area contributed by atoms with E-state index in [9.17, 15) is 4.79 Å². The first-order valence-corrected chi connectivity index (χ1v) is 3.12. The standard InChI is InChI=1S/C7H14O/c1-6(2)7(3)4-5-8/h5-7H,4H2,1-3H3/t7-/m0/s1. The van der Waals surface area contributed by atoms with Crippen molar-refractivity contribution >= 4 is 6.29 Å². The van der Waals surface area contributed by atoms with Gasteiger partial charge in [-0.2, -0.15) is 0 Å². The zero-order valence-corrected chi connectivity index (χ0v) is 5.85. The van der Waals surface area contributed by atoms with Gasteiger partial charge in [0, 0.05) is 6.42 Å². The fourth-order valence-corrected chi connectivity index (χ4v) is 0.424. The maximum atomic E-state index is 9.92. The predicted octanol–water partition coefficient (Wildman–Crippen LogP) is 1.87. The molecule has 0 saturated carbocycles. The summed E-state index contributed by atoms with van der Waals surface area (Å²) in [6.07, 6.45) is 1.70. The zero-order chi connectivity index (χ0) is 6.57. The molecule has 0 aliphatic heterocycles. The summed E-state index contributed by atoms with van der Waals surface area (Å²) in [5, 5.41) is 0. The minimum absolute atomic E-state index is 0.549. The summed E-state index contributed by atoms with van der Waals surface area (Å²) >= 11 is 0. The molecule has 48 valence electrons. The third-order valence-electron chi connectivity index (χ3n) is 1.61. The number of hydrogen-bond acceptors (Lipinski definition) is 1. The van der Waals surface area contributed by atoms with Crippen LogP contribution in [0.2, 0.25) is 0 Å². The Kier molecular flexibility index (Phi) is 3.49. The molecule has 0 amide bonds. The van der Waals surface area contributed by atoms with Crippen LogP contribution in [0.4, 0.5) is 0 Å². The normalized spacial score (nSPS) is 14.0. The minimum atomic E-state index is 0.549. The van der Waals surface area contributed by atoms with E-state index < -0.39 is 0 Å². The maximum absolute atomic E-state index is 9.92. The van der Waals surface area contributed by atoms with Crippen molar-refractivity contribution < 1.29 is 4.79 Å². The molecule has 0 aliphatic carbocycles. The molecule has 1 atom stereocenters. The molecular formula is C7H14O. The summed E-state index contributed by atoms with van der Waals surface area (Å²) in [7, 11) is 0. The molecule has 0 aromatic heterocycles. The Hall–Kier alpha value is -0.330. The maximum Gasteiger partial charge on any atom is 0.120 e. The highest BCUT2D eigenvalue weighted by atomic mass is 16.1. The first kappa shape index (κ1) is 7.67. The van der Waals surface area contributed by atoms with Crippen LogP contribution in [-0.2, 0) is 4.79 Å². The fraction of sp³-hybridized carbons (Fsp3) is 0.857. The highest BCUT2D eigenvalue weighted by Crippen LogP contribution is 2.11. The number of carbonyl (C=O) groups is 1. The lowest BCUT2D eigenvalue weighted by Crippen LogP contribution is -2.03. The van der Waals surface area contributed by atoms with E-state index in [1.54, 1.807) is 0 Å². The van der Waals surface area contributed by atoms with Crippen molar-refractivity contribution in [1.29, 1.82) is 0 Å². The molecule has 0 bridgehead atoms. The predicted molar refractivity (Wildman–Crippen MR) is 34.7 cm³/mol. The molecule has 0 fully saturated rings. The van der Waals surface area contributed by atoms with Gasteiger partial charge in [0.2, 0.25) is 0 Å². The van der Waals surface area contributed by atoms with Crippen molar-refractivity contribution in [3.8, 4) is 0 Å². The van der Waals surface area contributed by atoms with Gasteiger partial charge in [-0.15, -0.1) is 0 Å². The monoisotopic (exact) mass is 114 g/mol. The van der Waals surface area contributed by atoms with E-state index in [2.05, 4.69) is 20.8 Å². The fourth-order valence-electron chi connectivity index (χ4n) is 0.424. The van der Waals surface area contributed by atoms with E-state index in [4.69, 9.17) is 0 Å². The van der Waals surface area contributed by atoms with E-state index in [-0.39, 0.29) is 0 Å². The van der Waals surface area contributed by atoms with Crippen LogP contribution in [0.5, 0.6) is 0 Å². The van der Waals surface area contributed by atoms with Gasteiger partial charge in [-0.3, -0.25) is 0 Å². The molecule has 0 radical (unpaired) electrons. The summed E-state index contributed by atoms with van der Waals surface area (Å²) in [5.74, 6) is 1.19. The third kappa shape index (κ3) is 2.78. The number of rotatable bonds is 3. The average Bonchev–Trinajstić information content (AvgIpc) is 1.67. The lowest BCUT2D eigenvalue weighted by molar-refractivity contribution is -0.108. The summed E-state index contributed by atoms with van der Waals surface area (Å²) in [6.45, 7) is 6.36. The Morgan fingerprint density at radius 2 is 1.88 bits per heavy atom. The third-order valence-corrected chi connectivity index (χ3v) is 1.61. The summed E-state index contributed by atoms with van der Waals surface area (Å²) in [6, 6.07) is 0. The van der Waals surface area contributed by atoms with Crippen molar-refractivity contribution in [3.05, 3.63) is 0 Å².